The van der Waals surface area contributed by atoms with E-state index in [9.17, 15) is 9.59 Å². The number of hydrogen-bond donors (Lipinski definition) is 0. The predicted molar refractivity (Wildman–Crippen MR) is 90.3 cm³/mol. The summed E-state index contributed by atoms with van der Waals surface area (Å²) in [5, 5.41) is 0. The summed E-state index contributed by atoms with van der Waals surface area (Å²) in [6.07, 6.45) is 1.81. The second-order valence-corrected chi connectivity index (χ2v) is 5.70. The van der Waals surface area contributed by atoms with Crippen LogP contribution >= 0.6 is 0 Å². The van der Waals surface area contributed by atoms with Crippen molar-refractivity contribution >= 4 is 17.3 Å². The molecule has 3 nitrogen and oxygen atoms in total. The molecule has 0 aliphatic carbocycles. The van der Waals surface area contributed by atoms with Gasteiger partial charge >= 0.3 is 0 Å². The van der Waals surface area contributed by atoms with Gasteiger partial charge in [0.05, 0.1) is 19.7 Å². The lowest BCUT2D eigenvalue weighted by molar-refractivity contribution is 0.0816. The quantitative estimate of drug-likeness (QED) is 0.354. The first-order chi connectivity index (χ1) is 10.5. The van der Waals surface area contributed by atoms with Crippen molar-refractivity contribution in [3.63, 3.8) is 0 Å². The molecule has 0 aliphatic rings. The molecule has 0 atom stereocenters. The zero-order chi connectivity index (χ0) is 16.2. The van der Waals surface area contributed by atoms with Gasteiger partial charge in [-0.05, 0) is 18.2 Å². The fraction of sp³-hybridized carbons (Fsp3) is 0.158. The number of carbonyl (C=O) groups is 2. The van der Waals surface area contributed by atoms with E-state index in [0.29, 0.717) is 22.2 Å². The first kappa shape index (κ1) is 15.9. The topological polar surface area (TPSA) is 34.1 Å². The lowest BCUT2D eigenvalue weighted by Crippen LogP contribution is -2.41. The maximum atomic E-state index is 12.6. The molecule has 0 saturated carbocycles. The molecule has 3 heteroatoms. The molecule has 22 heavy (non-hydrogen) atoms. The van der Waals surface area contributed by atoms with Crippen LogP contribution in [0, 0.1) is 0 Å². The van der Waals surface area contributed by atoms with Crippen molar-refractivity contribution in [2.24, 2.45) is 0 Å². The predicted octanol–water partition coefficient (Wildman–Crippen LogP) is 3.51. The number of carbonyl (C=O) groups excluding carboxylic acids is 2. The minimum Gasteiger partial charge on any atom is -0.292 e. The van der Waals surface area contributed by atoms with Crippen LogP contribution in [0.25, 0.3) is 0 Å². The molecule has 0 amide bonds. The van der Waals surface area contributed by atoms with E-state index in [2.05, 4.69) is 6.58 Å². The van der Waals surface area contributed by atoms with Crippen LogP contribution in [0.15, 0.2) is 67.3 Å². The van der Waals surface area contributed by atoms with Crippen molar-refractivity contribution in [1.82, 2.24) is 4.48 Å². The van der Waals surface area contributed by atoms with Crippen molar-refractivity contribution in [3.05, 3.63) is 78.4 Å². The van der Waals surface area contributed by atoms with Crippen LogP contribution in [0.1, 0.15) is 20.7 Å². The summed E-state index contributed by atoms with van der Waals surface area (Å²) in [6.45, 7) is 4.43. The van der Waals surface area contributed by atoms with Crippen LogP contribution in [-0.2, 0) is 0 Å². The number of para-hydroxylation sites is 1. The van der Waals surface area contributed by atoms with Crippen LogP contribution in [0.3, 0.4) is 0 Å². The molecule has 2 aromatic rings. The van der Waals surface area contributed by atoms with Gasteiger partial charge in [-0.15, -0.1) is 0 Å². The largest absolute Gasteiger partial charge is 0.292 e. The van der Waals surface area contributed by atoms with Crippen molar-refractivity contribution < 1.29 is 9.59 Å². The maximum Gasteiger partial charge on any atom is 0.239 e. The SMILES string of the molecule is C=CC[N+](C)(C)c1ccccc1C(=O)C(=O)c1ccccc1. The van der Waals surface area contributed by atoms with Gasteiger partial charge in [0.15, 0.2) is 0 Å². The molecule has 0 N–H and O–H groups in total. The molecule has 0 fully saturated rings. The van der Waals surface area contributed by atoms with Crippen LogP contribution in [0.4, 0.5) is 5.69 Å². The van der Waals surface area contributed by atoms with Gasteiger partial charge in [-0.1, -0.05) is 49.0 Å². The van der Waals surface area contributed by atoms with Gasteiger partial charge in [0.1, 0.15) is 12.2 Å². The molecule has 0 spiro atoms. The molecule has 112 valence electrons. The van der Waals surface area contributed by atoms with E-state index < -0.39 is 11.6 Å². The van der Waals surface area contributed by atoms with Crippen LogP contribution < -0.4 is 4.48 Å². The van der Waals surface area contributed by atoms with E-state index in [-0.39, 0.29) is 0 Å². The average molecular weight is 294 g/mol. The highest BCUT2D eigenvalue weighted by Gasteiger charge is 2.28. The van der Waals surface area contributed by atoms with Crippen molar-refractivity contribution in [1.29, 1.82) is 0 Å². The van der Waals surface area contributed by atoms with E-state index in [1.807, 2.05) is 32.3 Å². The highest BCUT2D eigenvalue weighted by Crippen LogP contribution is 2.25. The standard InChI is InChI=1S/C19H20NO2/c1-4-14-20(2,3)17-13-9-8-12-16(17)19(22)18(21)15-10-6-5-7-11-15/h4-13H,1,14H2,2-3H3/q+1. The van der Waals surface area contributed by atoms with Crippen molar-refractivity contribution in [2.75, 3.05) is 20.6 Å². The minimum absolute atomic E-state index is 0.413. The van der Waals surface area contributed by atoms with Gasteiger partial charge in [-0.3, -0.25) is 14.1 Å². The second-order valence-electron chi connectivity index (χ2n) is 5.70. The maximum absolute atomic E-state index is 12.6. The van der Waals surface area contributed by atoms with Crippen LogP contribution in [0.5, 0.6) is 0 Å². The summed E-state index contributed by atoms with van der Waals surface area (Å²) in [5.41, 5.74) is 1.68. The molecule has 0 unspecified atom stereocenters. The number of Topliss-reactive ketones (excluding diaryl/α,β-unsaturated/α-hetero) is 2. The molecule has 0 aliphatic heterocycles. The molecule has 2 aromatic carbocycles. The van der Waals surface area contributed by atoms with E-state index in [1.54, 1.807) is 42.5 Å². The zero-order valence-electron chi connectivity index (χ0n) is 13.0. The monoisotopic (exact) mass is 294 g/mol. The first-order valence-electron chi connectivity index (χ1n) is 7.15. The van der Waals surface area contributed by atoms with Crippen LogP contribution in [0.2, 0.25) is 0 Å². The first-order valence-corrected chi connectivity index (χ1v) is 7.15. The van der Waals surface area contributed by atoms with Gasteiger partial charge in [-0.25, -0.2) is 0 Å². The van der Waals surface area contributed by atoms with Gasteiger partial charge in [-0.2, -0.15) is 0 Å². The van der Waals surface area contributed by atoms with Crippen molar-refractivity contribution in [3.8, 4) is 0 Å². The number of quaternary nitrogens is 1. The normalized spacial score (nSPS) is 11.0. The molecule has 2 rings (SSSR count). The number of nitrogens with zero attached hydrogens (tertiary/aromatic N) is 1. The van der Waals surface area contributed by atoms with E-state index in [0.717, 1.165) is 5.69 Å². The molecular formula is C19H20NO2+. The fourth-order valence-corrected chi connectivity index (χ4v) is 2.46. The van der Waals surface area contributed by atoms with E-state index >= 15 is 0 Å². The Balaban J connectivity index is 2.43. The van der Waals surface area contributed by atoms with Gasteiger partial charge in [0.2, 0.25) is 11.6 Å². The summed E-state index contributed by atoms with van der Waals surface area (Å²) in [7, 11) is 3.97. The Kier molecular flexibility index (Phi) is 4.68. The molecular weight excluding hydrogens is 274 g/mol. The number of benzene rings is 2. The number of ketones is 2. The number of likely N-dealkylation sites (N-methyl/N-ethyl adjacent to an activating group) is 1. The second kappa shape index (κ2) is 6.50. The summed E-state index contributed by atoms with van der Waals surface area (Å²) in [6, 6.07) is 15.9. The molecule has 0 bridgehead atoms. The molecule has 0 radical (unpaired) electrons. The average Bonchev–Trinajstić information content (AvgIpc) is 2.54. The Labute approximate surface area is 131 Å². The Morgan fingerprint density at radius 1 is 0.955 bits per heavy atom. The van der Waals surface area contributed by atoms with Gasteiger partial charge < -0.3 is 0 Å². The summed E-state index contributed by atoms with van der Waals surface area (Å²) in [4.78, 5) is 25.0. The minimum atomic E-state index is -0.480. The highest BCUT2D eigenvalue weighted by molar-refractivity contribution is 6.50. The van der Waals surface area contributed by atoms with Crippen molar-refractivity contribution in [2.45, 2.75) is 0 Å². The molecule has 0 saturated heterocycles. The third-order valence-corrected chi connectivity index (χ3v) is 3.63. The Hall–Kier alpha value is -2.52. The Morgan fingerprint density at radius 3 is 2.18 bits per heavy atom. The zero-order valence-corrected chi connectivity index (χ0v) is 13.0. The molecule has 0 heterocycles. The summed E-state index contributed by atoms with van der Waals surface area (Å²) >= 11 is 0. The third-order valence-electron chi connectivity index (χ3n) is 3.63. The summed E-state index contributed by atoms with van der Waals surface area (Å²) < 4.78 is 0.466. The fourth-order valence-electron chi connectivity index (χ4n) is 2.46. The Bertz CT molecular complexity index is 702. The smallest absolute Gasteiger partial charge is 0.239 e. The summed E-state index contributed by atoms with van der Waals surface area (Å²) in [5.74, 6) is -0.955. The third kappa shape index (κ3) is 3.21. The lowest BCUT2D eigenvalue weighted by Gasteiger charge is -2.29. The van der Waals surface area contributed by atoms with Crippen LogP contribution in [-0.4, -0.2) is 32.2 Å². The van der Waals surface area contributed by atoms with E-state index in [4.69, 9.17) is 0 Å². The highest BCUT2D eigenvalue weighted by atomic mass is 16.2. The molecule has 0 aromatic heterocycles. The number of rotatable bonds is 6. The van der Waals surface area contributed by atoms with Gasteiger partial charge in [0.25, 0.3) is 0 Å². The van der Waals surface area contributed by atoms with Gasteiger partial charge in [0, 0.05) is 5.56 Å². The number of hydrogen-bond acceptors (Lipinski definition) is 2. The lowest BCUT2D eigenvalue weighted by atomic mass is 9.99. The van der Waals surface area contributed by atoms with E-state index in [1.165, 1.54) is 0 Å². The Morgan fingerprint density at radius 2 is 1.55 bits per heavy atom.